The van der Waals surface area contributed by atoms with E-state index in [9.17, 15) is 4.79 Å². The first-order valence-electron chi connectivity index (χ1n) is 7.44. The Morgan fingerprint density at radius 2 is 1.82 bits per heavy atom. The lowest BCUT2D eigenvalue weighted by molar-refractivity contribution is 0.0818. The van der Waals surface area contributed by atoms with E-state index in [4.69, 9.17) is 4.74 Å². The second-order valence-electron chi connectivity index (χ2n) is 6.13. The molecule has 0 aliphatic carbocycles. The van der Waals surface area contributed by atoms with Gasteiger partial charge in [0, 0.05) is 32.9 Å². The lowest BCUT2D eigenvalue weighted by Gasteiger charge is -2.12. The van der Waals surface area contributed by atoms with Crippen molar-refractivity contribution in [3.05, 3.63) is 41.7 Å². The molecule has 0 spiro atoms. The maximum Gasteiger partial charge on any atom is 0.269 e. The summed E-state index contributed by atoms with van der Waals surface area (Å²) in [6, 6.07) is 8.08. The summed E-state index contributed by atoms with van der Waals surface area (Å²) in [5.74, 6) is 0.856. The van der Waals surface area contributed by atoms with Gasteiger partial charge in [0.1, 0.15) is 11.4 Å². The SMILES string of the molecule is Cc1cc(OC(C)C)cc(-c2cc(C(=O)N(C)C)n(C)c2)c1. The molecule has 2 aromatic rings. The van der Waals surface area contributed by atoms with Crippen molar-refractivity contribution in [1.29, 1.82) is 0 Å². The fourth-order valence-electron chi connectivity index (χ4n) is 2.42. The van der Waals surface area contributed by atoms with E-state index in [1.165, 1.54) is 0 Å². The minimum Gasteiger partial charge on any atom is -0.491 e. The maximum absolute atomic E-state index is 12.2. The van der Waals surface area contributed by atoms with Crippen LogP contribution in [0.25, 0.3) is 11.1 Å². The number of ether oxygens (including phenoxy) is 1. The van der Waals surface area contributed by atoms with E-state index in [-0.39, 0.29) is 12.0 Å². The Bertz CT molecular complexity index is 684. The Morgan fingerprint density at radius 1 is 1.14 bits per heavy atom. The summed E-state index contributed by atoms with van der Waals surface area (Å²) < 4.78 is 7.66. The number of aromatic nitrogens is 1. The highest BCUT2D eigenvalue weighted by Crippen LogP contribution is 2.28. The molecule has 1 aromatic carbocycles. The van der Waals surface area contributed by atoms with Gasteiger partial charge in [-0.05, 0) is 50.1 Å². The van der Waals surface area contributed by atoms with Crippen LogP contribution >= 0.6 is 0 Å². The van der Waals surface area contributed by atoms with Crippen molar-refractivity contribution >= 4 is 5.91 Å². The number of carbonyl (C=O) groups is 1. The molecule has 0 aliphatic rings. The van der Waals surface area contributed by atoms with Crippen LogP contribution in [-0.2, 0) is 7.05 Å². The number of benzene rings is 1. The zero-order valence-electron chi connectivity index (χ0n) is 14.2. The summed E-state index contributed by atoms with van der Waals surface area (Å²) in [7, 11) is 5.41. The molecular formula is C18H24N2O2. The van der Waals surface area contributed by atoms with Gasteiger partial charge in [-0.25, -0.2) is 0 Å². The first-order valence-corrected chi connectivity index (χ1v) is 7.44. The van der Waals surface area contributed by atoms with E-state index in [2.05, 4.69) is 6.07 Å². The highest BCUT2D eigenvalue weighted by Gasteiger charge is 2.15. The molecule has 4 nitrogen and oxygen atoms in total. The third-order valence-corrected chi connectivity index (χ3v) is 3.39. The average molecular weight is 300 g/mol. The Labute approximate surface area is 132 Å². The molecule has 0 N–H and O–H groups in total. The maximum atomic E-state index is 12.2. The number of nitrogens with zero attached hydrogens (tertiary/aromatic N) is 2. The topological polar surface area (TPSA) is 34.5 Å². The van der Waals surface area contributed by atoms with Gasteiger partial charge in [0.2, 0.25) is 0 Å². The van der Waals surface area contributed by atoms with Gasteiger partial charge in [-0.15, -0.1) is 0 Å². The molecular weight excluding hydrogens is 276 g/mol. The smallest absolute Gasteiger partial charge is 0.269 e. The van der Waals surface area contributed by atoms with Gasteiger partial charge >= 0.3 is 0 Å². The first kappa shape index (κ1) is 16.1. The van der Waals surface area contributed by atoms with Crippen LogP contribution in [0.3, 0.4) is 0 Å². The Balaban J connectivity index is 2.42. The molecule has 0 radical (unpaired) electrons. The number of rotatable bonds is 4. The molecule has 4 heteroatoms. The predicted molar refractivity (Wildman–Crippen MR) is 89.4 cm³/mol. The standard InChI is InChI=1S/C18H24N2O2/c1-12(2)22-16-8-13(3)7-14(9-16)15-10-17(20(6)11-15)18(21)19(4)5/h7-12H,1-6H3. The largest absolute Gasteiger partial charge is 0.491 e. The van der Waals surface area contributed by atoms with E-state index in [0.29, 0.717) is 5.69 Å². The molecule has 0 bridgehead atoms. The van der Waals surface area contributed by atoms with Crippen LogP contribution in [0.15, 0.2) is 30.5 Å². The van der Waals surface area contributed by atoms with Gasteiger partial charge in [-0.2, -0.15) is 0 Å². The molecule has 1 amide bonds. The third kappa shape index (κ3) is 3.50. The van der Waals surface area contributed by atoms with E-state index < -0.39 is 0 Å². The number of amides is 1. The zero-order chi connectivity index (χ0) is 16.4. The van der Waals surface area contributed by atoms with Gasteiger partial charge in [0.05, 0.1) is 6.10 Å². The Kier molecular flexibility index (Phi) is 4.59. The van der Waals surface area contributed by atoms with Crippen LogP contribution in [0, 0.1) is 6.92 Å². The predicted octanol–water partition coefficient (Wildman–Crippen LogP) is 3.49. The highest BCUT2D eigenvalue weighted by molar-refractivity contribution is 5.94. The van der Waals surface area contributed by atoms with Crippen molar-refractivity contribution in [3.8, 4) is 16.9 Å². The van der Waals surface area contributed by atoms with Crippen molar-refractivity contribution in [1.82, 2.24) is 9.47 Å². The average Bonchev–Trinajstić information content (AvgIpc) is 2.78. The van der Waals surface area contributed by atoms with Crippen molar-refractivity contribution < 1.29 is 9.53 Å². The molecule has 0 saturated heterocycles. The van der Waals surface area contributed by atoms with Crippen molar-refractivity contribution in [2.24, 2.45) is 7.05 Å². The van der Waals surface area contributed by atoms with E-state index in [1.807, 2.05) is 56.8 Å². The summed E-state index contributed by atoms with van der Waals surface area (Å²) in [6.45, 7) is 6.07. The minimum atomic E-state index is 0.0000527. The lowest BCUT2D eigenvalue weighted by atomic mass is 10.1. The van der Waals surface area contributed by atoms with Crippen molar-refractivity contribution in [3.63, 3.8) is 0 Å². The number of carbonyl (C=O) groups excluding carboxylic acids is 1. The lowest BCUT2D eigenvalue weighted by Crippen LogP contribution is -2.23. The van der Waals surface area contributed by atoms with Gasteiger partial charge in [0.15, 0.2) is 0 Å². The second kappa shape index (κ2) is 6.26. The van der Waals surface area contributed by atoms with Crippen LogP contribution in [-0.4, -0.2) is 35.6 Å². The quantitative estimate of drug-likeness (QED) is 0.866. The monoisotopic (exact) mass is 300 g/mol. The molecule has 0 unspecified atom stereocenters. The molecule has 2 rings (SSSR count). The first-order chi connectivity index (χ1) is 10.3. The number of hydrogen-bond donors (Lipinski definition) is 0. The second-order valence-corrected chi connectivity index (χ2v) is 6.13. The van der Waals surface area contributed by atoms with E-state index in [1.54, 1.807) is 19.0 Å². The van der Waals surface area contributed by atoms with Crippen LogP contribution < -0.4 is 4.74 Å². The van der Waals surface area contributed by atoms with Crippen molar-refractivity contribution in [2.45, 2.75) is 26.9 Å². The fraction of sp³-hybridized carbons (Fsp3) is 0.389. The fourth-order valence-corrected chi connectivity index (χ4v) is 2.42. The summed E-state index contributed by atoms with van der Waals surface area (Å²) >= 11 is 0. The molecule has 0 saturated carbocycles. The van der Waals surface area contributed by atoms with Gasteiger partial charge in [-0.3, -0.25) is 4.79 Å². The molecule has 1 aromatic heterocycles. The zero-order valence-corrected chi connectivity index (χ0v) is 14.2. The summed E-state index contributed by atoms with van der Waals surface area (Å²) in [6.07, 6.45) is 2.11. The third-order valence-electron chi connectivity index (χ3n) is 3.39. The normalized spacial score (nSPS) is 10.9. The molecule has 1 heterocycles. The van der Waals surface area contributed by atoms with Gasteiger partial charge in [0.25, 0.3) is 5.91 Å². The van der Waals surface area contributed by atoms with E-state index >= 15 is 0 Å². The van der Waals surface area contributed by atoms with Crippen LogP contribution in [0.2, 0.25) is 0 Å². The van der Waals surface area contributed by atoms with Crippen molar-refractivity contribution in [2.75, 3.05) is 14.1 Å². The molecule has 0 aliphatic heterocycles. The molecule has 118 valence electrons. The summed E-state index contributed by atoms with van der Waals surface area (Å²) in [5, 5.41) is 0. The highest BCUT2D eigenvalue weighted by atomic mass is 16.5. The molecule has 0 fully saturated rings. The molecule has 0 atom stereocenters. The van der Waals surface area contributed by atoms with Gasteiger partial charge in [-0.1, -0.05) is 6.07 Å². The number of hydrogen-bond acceptors (Lipinski definition) is 2. The van der Waals surface area contributed by atoms with E-state index in [0.717, 1.165) is 22.4 Å². The van der Waals surface area contributed by atoms with Crippen LogP contribution in [0.1, 0.15) is 29.9 Å². The molecule has 22 heavy (non-hydrogen) atoms. The Hall–Kier alpha value is -2.23. The Morgan fingerprint density at radius 3 is 2.41 bits per heavy atom. The number of aryl methyl sites for hydroxylation is 2. The minimum absolute atomic E-state index is 0.0000527. The summed E-state index contributed by atoms with van der Waals surface area (Å²) in [5.41, 5.74) is 3.89. The van der Waals surface area contributed by atoms with Crippen LogP contribution in [0.5, 0.6) is 5.75 Å². The van der Waals surface area contributed by atoms with Crippen LogP contribution in [0.4, 0.5) is 0 Å². The summed E-state index contributed by atoms with van der Waals surface area (Å²) in [4.78, 5) is 13.8. The van der Waals surface area contributed by atoms with Gasteiger partial charge < -0.3 is 14.2 Å².